The fraction of sp³-hybridized carbons (Fsp3) is 0.585. The summed E-state index contributed by atoms with van der Waals surface area (Å²) in [6.45, 7) is 10.4. The molecule has 7 N–H and O–H groups in total. The molecule has 5 heterocycles. The van der Waals surface area contributed by atoms with E-state index in [1.165, 1.54) is 10.9 Å². The first-order valence-electron chi connectivity index (χ1n) is 19.3. The summed E-state index contributed by atoms with van der Waals surface area (Å²) in [5.74, 6) is 5.66. The van der Waals surface area contributed by atoms with Gasteiger partial charge in [0.15, 0.2) is 5.60 Å². The highest BCUT2D eigenvalue weighted by Gasteiger charge is 2.78. The van der Waals surface area contributed by atoms with Gasteiger partial charge in [0, 0.05) is 83.4 Å². The average molecular weight is 713 g/mol. The molecule has 1 spiro atoms. The Labute approximate surface area is 306 Å². The van der Waals surface area contributed by atoms with Crippen LogP contribution in [-0.4, -0.2) is 112 Å². The molecule has 8 atom stereocenters. The number of amides is 1. The number of carbonyl (C=O) groups excluding carboxylic acids is 1. The Bertz CT molecular complexity index is 1910. The molecule has 1 aromatic heterocycles. The van der Waals surface area contributed by atoms with E-state index in [4.69, 9.17) is 10.6 Å². The number of aliphatic hydroxyl groups excluding tert-OH is 1. The Hall–Kier alpha value is -3.45. The van der Waals surface area contributed by atoms with Gasteiger partial charge in [-0.1, -0.05) is 51.1 Å². The van der Waals surface area contributed by atoms with E-state index in [-0.39, 0.29) is 12.0 Å². The monoisotopic (exact) mass is 712 g/mol. The number of H-pyrrole nitrogens is 1. The number of nitrogens with zero attached hydrogens (tertiary/aromatic N) is 3. The van der Waals surface area contributed by atoms with Crippen LogP contribution in [0, 0.1) is 5.41 Å². The van der Waals surface area contributed by atoms with Crippen molar-refractivity contribution in [1.29, 1.82) is 0 Å². The number of β-amino-alcohol motifs (C(OH)–C–C–N with tert-alkyl or cyclic N) is 1. The van der Waals surface area contributed by atoms with Crippen molar-refractivity contribution in [1.82, 2.24) is 20.2 Å². The number of aliphatic hydroxyl groups is 3. The molecule has 4 aliphatic heterocycles. The number of rotatable bonds is 9. The zero-order valence-electron chi connectivity index (χ0n) is 31.3. The average Bonchev–Trinajstić information content (AvgIpc) is 3.82. The minimum absolute atomic E-state index is 0.0857. The van der Waals surface area contributed by atoms with E-state index < -0.39 is 40.1 Å². The molecule has 0 bridgehead atoms. The summed E-state index contributed by atoms with van der Waals surface area (Å²) in [6.07, 6.45) is 7.47. The predicted molar refractivity (Wildman–Crippen MR) is 202 cm³/mol. The molecule has 52 heavy (non-hydrogen) atoms. The summed E-state index contributed by atoms with van der Waals surface area (Å²) >= 11 is 0. The number of benzene rings is 2. The Morgan fingerprint density at radius 3 is 2.65 bits per heavy atom. The lowest BCUT2D eigenvalue weighted by Gasteiger charge is -2.63. The number of nitrogens with two attached hydrogens (primary N) is 1. The molecule has 5 aliphatic rings. The normalized spacial score (nSPS) is 34.6. The van der Waals surface area contributed by atoms with Crippen LogP contribution in [0.2, 0.25) is 0 Å². The fourth-order valence-electron chi connectivity index (χ4n) is 11.7. The van der Waals surface area contributed by atoms with E-state index in [9.17, 15) is 20.1 Å². The second-order valence-corrected chi connectivity index (χ2v) is 16.4. The van der Waals surface area contributed by atoms with Crippen molar-refractivity contribution in [2.24, 2.45) is 11.3 Å². The number of anilines is 1. The minimum Gasteiger partial charge on any atom is -0.496 e. The third-order valence-electron chi connectivity index (χ3n) is 14.2. The first kappa shape index (κ1) is 35.6. The van der Waals surface area contributed by atoms with E-state index in [1.807, 2.05) is 18.9 Å². The maximum atomic E-state index is 13.8. The van der Waals surface area contributed by atoms with Crippen molar-refractivity contribution in [2.45, 2.75) is 100 Å². The van der Waals surface area contributed by atoms with Gasteiger partial charge in [-0.2, -0.15) is 0 Å². The number of likely N-dealkylation sites (N-methyl/N-ethyl adjacent to an activating group) is 1. The van der Waals surface area contributed by atoms with Crippen LogP contribution in [0.4, 0.5) is 5.69 Å². The molecular weight excluding hydrogens is 656 g/mol. The van der Waals surface area contributed by atoms with Gasteiger partial charge in [0.25, 0.3) is 5.91 Å². The highest BCUT2D eigenvalue weighted by molar-refractivity contribution is 5.90. The largest absolute Gasteiger partial charge is 0.496 e. The summed E-state index contributed by atoms with van der Waals surface area (Å²) in [5.41, 5.74) is 4.36. The summed E-state index contributed by atoms with van der Waals surface area (Å²) in [4.78, 5) is 24.5. The van der Waals surface area contributed by atoms with Crippen LogP contribution >= 0.6 is 0 Å². The van der Waals surface area contributed by atoms with Crippen molar-refractivity contribution < 1.29 is 24.9 Å². The van der Waals surface area contributed by atoms with Crippen LogP contribution in [0.15, 0.2) is 48.6 Å². The Morgan fingerprint density at radius 2 is 1.92 bits per heavy atom. The third kappa shape index (κ3) is 4.69. The number of methoxy groups -OCH3 is 1. The molecule has 2 aromatic carbocycles. The van der Waals surface area contributed by atoms with E-state index in [1.54, 1.807) is 7.11 Å². The molecule has 1 amide bonds. The number of ether oxygens (including phenoxy) is 1. The van der Waals surface area contributed by atoms with Crippen molar-refractivity contribution in [3.8, 4) is 5.75 Å². The first-order chi connectivity index (χ1) is 24.9. The topological polar surface area (TPSA) is 151 Å². The van der Waals surface area contributed by atoms with Crippen molar-refractivity contribution >= 4 is 22.5 Å². The lowest BCUT2D eigenvalue weighted by Crippen LogP contribution is -2.82. The molecule has 3 aromatic rings. The van der Waals surface area contributed by atoms with Crippen LogP contribution in [0.1, 0.15) is 81.2 Å². The van der Waals surface area contributed by atoms with Gasteiger partial charge >= 0.3 is 0 Å². The molecule has 0 radical (unpaired) electrons. The molecular formula is C41H56N6O5. The number of carbonyl (C=O) groups is 1. The number of fused-ring (bicyclic) bond motifs is 2. The van der Waals surface area contributed by atoms with Crippen molar-refractivity contribution in [2.75, 3.05) is 51.8 Å². The molecule has 3 fully saturated rings. The number of aromatic amines is 1. The van der Waals surface area contributed by atoms with E-state index in [0.29, 0.717) is 19.4 Å². The van der Waals surface area contributed by atoms with E-state index >= 15 is 0 Å². The Balaban J connectivity index is 1.26. The zero-order chi connectivity index (χ0) is 36.8. The highest BCUT2D eigenvalue weighted by atomic mass is 16.5. The van der Waals surface area contributed by atoms with Gasteiger partial charge in [-0.05, 0) is 74.9 Å². The molecule has 11 nitrogen and oxygen atoms in total. The van der Waals surface area contributed by atoms with Crippen molar-refractivity contribution in [3.05, 3.63) is 70.9 Å². The van der Waals surface area contributed by atoms with E-state index in [2.05, 4.69) is 82.6 Å². The summed E-state index contributed by atoms with van der Waals surface area (Å²) in [6, 6.07) is 11.9. The SMILES string of the molecule is CCC1(O)CCCN(CCc2c([C@@H](C)c3cc4c(cc3OC)N(C)[C@H]3[C@@](O)(C(=O)NN)[C@H](O)[C@]5(CC)C=CCN6CC[C@]43[C@@H]65)[nH]c3ccccc23)C1. The molecule has 8 rings (SSSR count). The highest BCUT2D eigenvalue weighted by Crippen LogP contribution is 2.67. The number of likely N-dealkylation sites (tertiary alicyclic amines) is 1. The molecule has 2 saturated heterocycles. The minimum atomic E-state index is -2.19. The molecule has 1 unspecified atom stereocenters. The number of nitrogens with one attached hydrogen (secondary N) is 2. The third-order valence-corrected chi connectivity index (χ3v) is 14.2. The quantitative estimate of drug-likeness (QED) is 0.0851. The van der Waals surface area contributed by atoms with Crippen LogP contribution in [0.5, 0.6) is 5.75 Å². The lowest BCUT2D eigenvalue weighted by atomic mass is 9.47. The second-order valence-electron chi connectivity index (χ2n) is 16.4. The first-order valence-corrected chi connectivity index (χ1v) is 19.3. The number of aromatic nitrogens is 1. The smallest absolute Gasteiger partial charge is 0.270 e. The summed E-state index contributed by atoms with van der Waals surface area (Å²) < 4.78 is 6.18. The predicted octanol–water partition coefficient (Wildman–Crippen LogP) is 3.30. The van der Waals surface area contributed by atoms with Gasteiger partial charge in [0.05, 0.1) is 18.8 Å². The number of hydrogen-bond acceptors (Lipinski definition) is 9. The van der Waals surface area contributed by atoms with Gasteiger partial charge in [-0.25, -0.2) is 5.84 Å². The number of para-hydroxylation sites is 1. The molecule has 280 valence electrons. The lowest BCUT2D eigenvalue weighted by molar-refractivity contribution is -0.203. The number of hydrazine groups is 1. The molecule has 11 heteroatoms. The Morgan fingerprint density at radius 1 is 1.13 bits per heavy atom. The van der Waals surface area contributed by atoms with Crippen LogP contribution in [0.3, 0.4) is 0 Å². The van der Waals surface area contributed by atoms with Gasteiger partial charge in [0.2, 0.25) is 0 Å². The summed E-state index contributed by atoms with van der Waals surface area (Å²) in [5, 5.41) is 37.3. The molecule has 1 saturated carbocycles. The van der Waals surface area contributed by atoms with Crippen LogP contribution in [0.25, 0.3) is 10.9 Å². The fourth-order valence-corrected chi connectivity index (χ4v) is 11.7. The number of hydrogen-bond donors (Lipinski definition) is 6. The second kappa shape index (κ2) is 12.6. The maximum Gasteiger partial charge on any atom is 0.270 e. The maximum absolute atomic E-state index is 13.8. The summed E-state index contributed by atoms with van der Waals surface area (Å²) in [7, 11) is 3.61. The van der Waals surface area contributed by atoms with E-state index in [0.717, 1.165) is 85.6 Å². The zero-order valence-corrected chi connectivity index (χ0v) is 31.3. The van der Waals surface area contributed by atoms with Gasteiger partial charge in [-0.15, -0.1) is 0 Å². The molecule has 1 aliphatic carbocycles. The standard InChI is InChI=1S/C41H56N6O5/c1-6-38(50)15-10-18-46(24-38)20-14-27-26-12-8-9-13-30(26)43-33(27)25(3)28-22-29-31(23-32(28)52-5)45(4)35-40(29)17-21-47-19-11-16-39(7-2,34(40)47)36(48)41(35,51)37(49)44-42/h8-9,11-13,16,22-23,25,34-36,43,48,50-51H,6-7,10,14-15,17-21,24,42H2,1-5H3,(H,44,49)/t25-,34-,35+,36+,38?,39+,40+,41-/m0/s1. The van der Waals surface area contributed by atoms with Gasteiger partial charge < -0.3 is 34.8 Å². The van der Waals surface area contributed by atoms with Gasteiger partial charge in [-0.3, -0.25) is 15.1 Å². The van der Waals surface area contributed by atoms with Crippen LogP contribution in [-0.2, 0) is 16.6 Å². The number of piperidine rings is 1. The Kier molecular flexibility index (Phi) is 8.60. The van der Waals surface area contributed by atoms with Crippen LogP contribution < -0.4 is 20.9 Å². The van der Waals surface area contributed by atoms with Crippen molar-refractivity contribution in [3.63, 3.8) is 0 Å². The van der Waals surface area contributed by atoms with Gasteiger partial charge in [0.1, 0.15) is 11.9 Å².